The summed E-state index contributed by atoms with van der Waals surface area (Å²) in [6.45, 7) is 6.08. The van der Waals surface area contributed by atoms with Crippen molar-refractivity contribution in [3.05, 3.63) is 44.0 Å². The number of aryl methyl sites for hydroxylation is 1. The minimum atomic E-state index is -0.0882. The molecule has 2 aromatic heterocycles. The monoisotopic (exact) mass is 359 g/mol. The highest BCUT2D eigenvalue weighted by molar-refractivity contribution is 7.09. The number of carbonyl (C=O) groups excluding carboxylic acids is 1. The van der Waals surface area contributed by atoms with Crippen LogP contribution in [0.15, 0.2) is 16.2 Å². The lowest BCUT2D eigenvalue weighted by Gasteiger charge is -2.29. The Morgan fingerprint density at radius 3 is 2.72 bits per heavy atom. The molecule has 2 aliphatic heterocycles. The molecule has 4 rings (SSSR count). The molecule has 4 heterocycles. The van der Waals surface area contributed by atoms with Crippen molar-refractivity contribution in [3.8, 4) is 0 Å². The number of thiazole rings is 1. The fourth-order valence-corrected chi connectivity index (χ4v) is 4.07. The summed E-state index contributed by atoms with van der Waals surface area (Å²) in [6, 6.07) is 1.64. The molecule has 132 valence electrons. The summed E-state index contributed by atoms with van der Waals surface area (Å²) < 4.78 is 1.68. The fourth-order valence-electron chi connectivity index (χ4n) is 3.48. The van der Waals surface area contributed by atoms with Crippen molar-refractivity contribution in [1.29, 1.82) is 0 Å². The van der Waals surface area contributed by atoms with E-state index in [0.29, 0.717) is 37.7 Å². The zero-order chi connectivity index (χ0) is 17.4. The zero-order valence-electron chi connectivity index (χ0n) is 14.3. The minimum absolute atomic E-state index is 0.0178. The normalized spacial score (nSPS) is 17.7. The number of hydrogen-bond donors (Lipinski definition) is 0. The van der Waals surface area contributed by atoms with Crippen LogP contribution in [0, 0.1) is 6.92 Å². The highest BCUT2D eigenvalue weighted by atomic mass is 32.1. The number of carbonyl (C=O) groups is 1. The summed E-state index contributed by atoms with van der Waals surface area (Å²) in [4.78, 5) is 38.0. The van der Waals surface area contributed by atoms with Crippen molar-refractivity contribution >= 4 is 17.2 Å². The van der Waals surface area contributed by atoms with Gasteiger partial charge in [-0.2, -0.15) is 0 Å². The Morgan fingerprint density at radius 1 is 1.20 bits per heavy atom. The van der Waals surface area contributed by atoms with E-state index in [1.165, 1.54) is 24.2 Å². The molecule has 25 heavy (non-hydrogen) atoms. The van der Waals surface area contributed by atoms with Crippen LogP contribution in [-0.4, -0.2) is 49.9 Å². The maximum absolute atomic E-state index is 12.6. The average Bonchev–Trinajstić information content (AvgIpc) is 3.25. The second kappa shape index (κ2) is 6.68. The van der Waals surface area contributed by atoms with Gasteiger partial charge in [-0.05, 0) is 32.9 Å². The van der Waals surface area contributed by atoms with Crippen LogP contribution >= 0.6 is 11.3 Å². The van der Waals surface area contributed by atoms with Gasteiger partial charge in [-0.15, -0.1) is 11.3 Å². The van der Waals surface area contributed by atoms with Gasteiger partial charge in [0.2, 0.25) is 0 Å². The molecular weight excluding hydrogens is 338 g/mol. The molecule has 2 aromatic rings. The fraction of sp³-hybridized carbons (Fsp3) is 0.529. The molecule has 0 unspecified atom stereocenters. The van der Waals surface area contributed by atoms with E-state index in [-0.39, 0.29) is 11.5 Å². The summed E-state index contributed by atoms with van der Waals surface area (Å²) in [6.07, 6.45) is 2.42. The predicted molar refractivity (Wildman–Crippen MR) is 94.6 cm³/mol. The number of nitrogens with zero attached hydrogens (tertiary/aromatic N) is 5. The number of fused-ring (bicyclic) bond motifs is 1. The Morgan fingerprint density at radius 2 is 2.00 bits per heavy atom. The number of hydrogen-bond acceptors (Lipinski definition) is 6. The van der Waals surface area contributed by atoms with Crippen molar-refractivity contribution < 1.29 is 4.79 Å². The number of aromatic nitrogens is 3. The topological polar surface area (TPSA) is 71.3 Å². The third-order valence-electron chi connectivity index (χ3n) is 4.78. The Bertz CT molecular complexity index is 853. The molecule has 2 aliphatic rings. The summed E-state index contributed by atoms with van der Waals surface area (Å²) in [5, 5.41) is 2.67. The first kappa shape index (κ1) is 16.4. The van der Waals surface area contributed by atoms with E-state index in [0.717, 1.165) is 23.8 Å². The van der Waals surface area contributed by atoms with E-state index in [9.17, 15) is 9.59 Å². The van der Waals surface area contributed by atoms with Crippen molar-refractivity contribution in [2.75, 3.05) is 19.6 Å². The Balaban J connectivity index is 1.55. The summed E-state index contributed by atoms with van der Waals surface area (Å²) in [7, 11) is 0. The van der Waals surface area contributed by atoms with Gasteiger partial charge in [-0.1, -0.05) is 0 Å². The van der Waals surface area contributed by atoms with E-state index >= 15 is 0 Å². The maximum Gasteiger partial charge on any atom is 0.273 e. The molecule has 0 saturated carbocycles. The highest BCUT2D eigenvalue weighted by Crippen LogP contribution is 2.16. The Hall–Kier alpha value is -2.06. The Labute approximate surface area is 149 Å². The SMILES string of the molecule is Cc1nc(C(=O)N2CCn3c(nc(CN4CCCC4)cc3=O)C2)cs1. The van der Waals surface area contributed by atoms with Crippen LogP contribution in [0.2, 0.25) is 0 Å². The predicted octanol–water partition coefficient (Wildman–Crippen LogP) is 1.26. The van der Waals surface area contributed by atoms with Crippen molar-refractivity contribution in [1.82, 2.24) is 24.3 Å². The maximum atomic E-state index is 12.6. The molecular formula is C17H21N5O2S. The molecule has 7 nitrogen and oxygen atoms in total. The standard InChI is InChI=1S/C17H21N5O2S/c1-12-18-14(11-25-12)17(24)21-6-7-22-15(10-21)19-13(8-16(22)23)9-20-4-2-3-5-20/h8,11H,2-7,9-10H2,1H3. The van der Waals surface area contributed by atoms with Gasteiger partial charge in [-0.25, -0.2) is 9.97 Å². The van der Waals surface area contributed by atoms with Gasteiger partial charge < -0.3 is 4.90 Å². The van der Waals surface area contributed by atoms with Gasteiger partial charge in [0.1, 0.15) is 11.5 Å². The Kier molecular flexibility index (Phi) is 4.39. The van der Waals surface area contributed by atoms with E-state index in [2.05, 4.69) is 14.9 Å². The molecule has 1 saturated heterocycles. The number of rotatable bonds is 3. The molecule has 0 aromatic carbocycles. The molecule has 0 bridgehead atoms. The van der Waals surface area contributed by atoms with Gasteiger partial charge in [0.15, 0.2) is 0 Å². The lowest BCUT2D eigenvalue weighted by Crippen LogP contribution is -2.43. The molecule has 0 radical (unpaired) electrons. The van der Waals surface area contributed by atoms with E-state index < -0.39 is 0 Å². The van der Waals surface area contributed by atoms with Crippen LogP contribution in [0.5, 0.6) is 0 Å². The molecule has 8 heteroatoms. The molecule has 0 N–H and O–H groups in total. The van der Waals surface area contributed by atoms with Crippen LogP contribution in [0.3, 0.4) is 0 Å². The minimum Gasteiger partial charge on any atom is -0.328 e. The molecule has 0 atom stereocenters. The summed E-state index contributed by atoms with van der Waals surface area (Å²) >= 11 is 1.47. The highest BCUT2D eigenvalue weighted by Gasteiger charge is 2.25. The lowest BCUT2D eigenvalue weighted by molar-refractivity contribution is 0.0698. The van der Waals surface area contributed by atoms with E-state index in [1.807, 2.05) is 6.92 Å². The largest absolute Gasteiger partial charge is 0.328 e. The van der Waals surface area contributed by atoms with Gasteiger partial charge in [0, 0.05) is 31.1 Å². The van der Waals surface area contributed by atoms with E-state index in [4.69, 9.17) is 0 Å². The average molecular weight is 359 g/mol. The third-order valence-corrected chi connectivity index (χ3v) is 5.55. The first-order valence-electron chi connectivity index (χ1n) is 8.63. The van der Waals surface area contributed by atoms with Crippen molar-refractivity contribution in [3.63, 3.8) is 0 Å². The molecule has 0 spiro atoms. The molecule has 1 fully saturated rings. The van der Waals surface area contributed by atoms with Crippen LogP contribution in [0.4, 0.5) is 0 Å². The third kappa shape index (κ3) is 3.36. The van der Waals surface area contributed by atoms with Gasteiger partial charge in [-0.3, -0.25) is 19.1 Å². The van der Waals surface area contributed by atoms with Crippen LogP contribution in [-0.2, 0) is 19.6 Å². The quantitative estimate of drug-likeness (QED) is 0.825. The van der Waals surface area contributed by atoms with Gasteiger partial charge in [0.25, 0.3) is 11.5 Å². The zero-order valence-corrected chi connectivity index (χ0v) is 15.1. The van der Waals surface area contributed by atoms with E-state index in [1.54, 1.807) is 20.9 Å². The van der Waals surface area contributed by atoms with Gasteiger partial charge >= 0.3 is 0 Å². The summed E-state index contributed by atoms with van der Waals surface area (Å²) in [5.74, 6) is 0.586. The van der Waals surface area contributed by atoms with Crippen LogP contribution < -0.4 is 5.56 Å². The molecule has 0 aliphatic carbocycles. The molecule has 1 amide bonds. The van der Waals surface area contributed by atoms with Crippen molar-refractivity contribution in [2.24, 2.45) is 0 Å². The lowest BCUT2D eigenvalue weighted by atomic mass is 10.2. The first-order chi connectivity index (χ1) is 12.1. The van der Waals surface area contributed by atoms with Gasteiger partial charge in [0.05, 0.1) is 17.2 Å². The number of likely N-dealkylation sites (tertiary alicyclic amines) is 1. The number of amides is 1. The summed E-state index contributed by atoms with van der Waals surface area (Å²) in [5.41, 5.74) is 1.26. The smallest absolute Gasteiger partial charge is 0.273 e. The first-order valence-corrected chi connectivity index (χ1v) is 9.51. The van der Waals surface area contributed by atoms with Crippen LogP contribution in [0.25, 0.3) is 0 Å². The van der Waals surface area contributed by atoms with Crippen LogP contribution in [0.1, 0.15) is 39.9 Å². The van der Waals surface area contributed by atoms with Crippen molar-refractivity contribution in [2.45, 2.75) is 39.4 Å². The second-order valence-corrected chi connectivity index (χ2v) is 7.68. The second-order valence-electron chi connectivity index (χ2n) is 6.62.